The molecule has 6 nitrogen and oxygen atoms in total. The average Bonchev–Trinajstić information content (AvgIpc) is 3.06. The molecule has 2 aromatic carbocycles. The van der Waals surface area contributed by atoms with Crippen LogP contribution < -0.4 is 19.5 Å². The molecule has 0 spiro atoms. The molecule has 0 unspecified atom stereocenters. The zero-order valence-electron chi connectivity index (χ0n) is 17.8. The van der Waals surface area contributed by atoms with Crippen molar-refractivity contribution < 1.29 is 29.0 Å². The molecule has 4 rings (SSSR count). The fourth-order valence-electron chi connectivity index (χ4n) is 4.17. The van der Waals surface area contributed by atoms with Crippen molar-refractivity contribution in [1.29, 1.82) is 0 Å². The van der Waals surface area contributed by atoms with E-state index >= 15 is 0 Å². The van der Waals surface area contributed by atoms with E-state index in [2.05, 4.69) is 29.8 Å². The fraction of sp³-hybridized carbons (Fsp3) is 0.375. The molecule has 2 heterocycles. The summed E-state index contributed by atoms with van der Waals surface area (Å²) in [5, 5.41) is 12.7. The number of hydrogen-bond acceptors (Lipinski definition) is 5. The van der Waals surface area contributed by atoms with Crippen molar-refractivity contribution in [2.75, 3.05) is 19.9 Å². The van der Waals surface area contributed by atoms with E-state index in [0.717, 1.165) is 41.5 Å². The Balaban J connectivity index is 1.69. The highest BCUT2D eigenvalue weighted by atomic mass is 79.9. The summed E-state index contributed by atoms with van der Waals surface area (Å²) in [5.41, 5.74) is 2.65. The second-order valence-electron chi connectivity index (χ2n) is 7.88. The Hall–Kier alpha value is -2.35. The molecule has 0 atom stereocenters. The third kappa shape index (κ3) is 4.49. The molecule has 0 bridgehead atoms. The van der Waals surface area contributed by atoms with Gasteiger partial charge in [0, 0.05) is 21.2 Å². The van der Waals surface area contributed by atoms with Gasteiger partial charge in [-0.05, 0) is 37.1 Å². The molecule has 0 saturated heterocycles. The summed E-state index contributed by atoms with van der Waals surface area (Å²) in [6.45, 7) is 7.37. The van der Waals surface area contributed by atoms with Gasteiger partial charge in [-0.25, -0.2) is 0 Å². The maximum absolute atomic E-state index is 13.1. The van der Waals surface area contributed by atoms with Crippen LogP contribution in [0, 0.1) is 0 Å². The molecule has 164 valence electrons. The summed E-state index contributed by atoms with van der Waals surface area (Å²) in [5.74, 6) is 0.981. The predicted octanol–water partition coefficient (Wildman–Crippen LogP) is 3.21. The van der Waals surface area contributed by atoms with E-state index in [1.54, 1.807) is 12.1 Å². The molecule has 0 amide bonds. The number of benzene rings is 2. The van der Waals surface area contributed by atoms with Crippen LogP contribution in [0.15, 0.2) is 34.5 Å². The maximum Gasteiger partial charge on any atom is 0.231 e. The van der Waals surface area contributed by atoms with Gasteiger partial charge >= 0.3 is 0 Å². The molecule has 0 radical (unpaired) electrons. The van der Waals surface area contributed by atoms with Crippen molar-refractivity contribution in [3.63, 3.8) is 0 Å². The molecule has 0 aliphatic carbocycles. The largest absolute Gasteiger partial charge is 0.872 e. The second kappa shape index (κ2) is 9.42. The number of rotatable bonds is 7. The van der Waals surface area contributed by atoms with Crippen LogP contribution in [0.2, 0.25) is 0 Å². The van der Waals surface area contributed by atoms with Crippen LogP contribution in [-0.4, -0.2) is 25.7 Å². The van der Waals surface area contributed by atoms with Gasteiger partial charge in [0.2, 0.25) is 5.78 Å². The molecule has 7 heteroatoms. The number of fused-ring (bicyclic) bond motifs is 2. The number of carbonyl (C=O) groups is 1. The van der Waals surface area contributed by atoms with Crippen molar-refractivity contribution in [2.24, 2.45) is 0 Å². The summed E-state index contributed by atoms with van der Waals surface area (Å²) in [6, 6.07) is 6.87. The zero-order valence-corrected chi connectivity index (χ0v) is 19.3. The number of carbonyl (C=O) groups excluding carboxylic acids is 1. The monoisotopic (exact) mass is 487 g/mol. The van der Waals surface area contributed by atoms with E-state index in [1.165, 1.54) is 11.0 Å². The highest BCUT2D eigenvalue weighted by Gasteiger charge is 2.31. The van der Waals surface area contributed by atoms with Crippen LogP contribution in [0.5, 0.6) is 17.2 Å². The van der Waals surface area contributed by atoms with Crippen LogP contribution in [0.3, 0.4) is 0 Å². The van der Waals surface area contributed by atoms with Crippen molar-refractivity contribution in [2.45, 2.75) is 39.8 Å². The molecular weight excluding hydrogens is 462 g/mol. The number of hydrogen-bond donors (Lipinski definition) is 1. The van der Waals surface area contributed by atoms with Crippen LogP contribution >= 0.6 is 15.9 Å². The Kier molecular flexibility index (Phi) is 6.65. The summed E-state index contributed by atoms with van der Waals surface area (Å²) in [4.78, 5) is 14.4. The smallest absolute Gasteiger partial charge is 0.231 e. The lowest BCUT2D eigenvalue weighted by Gasteiger charge is -2.23. The van der Waals surface area contributed by atoms with E-state index in [-0.39, 0.29) is 24.1 Å². The summed E-state index contributed by atoms with van der Waals surface area (Å²) >= 11 is 3.50. The average molecular weight is 488 g/mol. The SMILES string of the molecule is CCC[NH+](CCC)Cc1c([O-])ccc2c1OC(=Cc1cc(Br)cc3c1OCOC3)C2=O. The fourth-order valence-corrected chi connectivity index (χ4v) is 4.70. The normalized spacial score (nSPS) is 16.3. The number of Topliss-reactive ketones (excluding diaryl/α,β-unsaturated/α-hetero) is 1. The first-order valence-corrected chi connectivity index (χ1v) is 11.4. The highest BCUT2D eigenvalue weighted by Crippen LogP contribution is 2.40. The van der Waals surface area contributed by atoms with E-state index < -0.39 is 0 Å². The molecule has 0 fully saturated rings. The van der Waals surface area contributed by atoms with Crippen molar-refractivity contribution in [3.8, 4) is 17.2 Å². The summed E-state index contributed by atoms with van der Waals surface area (Å²) in [6.07, 6.45) is 3.75. The van der Waals surface area contributed by atoms with Crippen LogP contribution in [0.1, 0.15) is 53.7 Å². The van der Waals surface area contributed by atoms with Crippen LogP contribution in [0.25, 0.3) is 6.08 Å². The Labute approximate surface area is 190 Å². The third-order valence-corrected chi connectivity index (χ3v) is 5.98. The van der Waals surface area contributed by atoms with E-state index in [4.69, 9.17) is 14.2 Å². The van der Waals surface area contributed by atoms with Gasteiger partial charge in [0.1, 0.15) is 18.0 Å². The number of ether oxygens (including phenoxy) is 3. The van der Waals surface area contributed by atoms with E-state index in [1.807, 2.05) is 12.1 Å². The number of halogens is 1. The summed E-state index contributed by atoms with van der Waals surface area (Å²) < 4.78 is 17.9. The van der Waals surface area contributed by atoms with E-state index in [0.29, 0.717) is 35.8 Å². The Morgan fingerprint density at radius 3 is 2.68 bits per heavy atom. The Morgan fingerprint density at radius 2 is 1.94 bits per heavy atom. The van der Waals surface area contributed by atoms with Crippen molar-refractivity contribution >= 4 is 27.8 Å². The van der Waals surface area contributed by atoms with Crippen molar-refractivity contribution in [1.82, 2.24) is 0 Å². The third-order valence-electron chi connectivity index (χ3n) is 5.52. The first kappa shape index (κ1) is 21.9. The van der Waals surface area contributed by atoms with Gasteiger partial charge in [-0.3, -0.25) is 4.79 Å². The Morgan fingerprint density at radius 1 is 1.16 bits per heavy atom. The van der Waals surface area contributed by atoms with Crippen LogP contribution in [0.4, 0.5) is 0 Å². The number of nitrogens with one attached hydrogen (secondary N) is 1. The topological polar surface area (TPSA) is 72.3 Å². The predicted molar refractivity (Wildman–Crippen MR) is 118 cm³/mol. The van der Waals surface area contributed by atoms with Gasteiger partial charge in [-0.1, -0.05) is 41.6 Å². The van der Waals surface area contributed by atoms with Crippen LogP contribution in [-0.2, 0) is 17.9 Å². The van der Waals surface area contributed by atoms with E-state index in [9.17, 15) is 9.90 Å². The second-order valence-corrected chi connectivity index (χ2v) is 8.80. The molecule has 2 aliphatic heterocycles. The lowest BCUT2D eigenvalue weighted by Crippen LogP contribution is -3.10. The molecular formula is C24H26BrNO5. The molecule has 0 aromatic heterocycles. The van der Waals surface area contributed by atoms with Gasteiger partial charge in [0.25, 0.3) is 0 Å². The molecule has 1 N–H and O–H groups in total. The first-order chi connectivity index (χ1) is 15.0. The lowest BCUT2D eigenvalue weighted by atomic mass is 10.0. The zero-order chi connectivity index (χ0) is 22.0. The quantitative estimate of drug-likeness (QED) is 0.607. The number of ketones is 1. The first-order valence-electron chi connectivity index (χ1n) is 10.7. The Bertz CT molecular complexity index is 1030. The highest BCUT2D eigenvalue weighted by molar-refractivity contribution is 9.10. The minimum absolute atomic E-state index is 0.0853. The number of quaternary nitrogens is 1. The molecule has 2 aliphatic rings. The minimum atomic E-state index is -0.218. The van der Waals surface area contributed by atoms with Gasteiger partial charge in [0.15, 0.2) is 12.6 Å². The number of allylic oxidation sites excluding steroid dienone is 1. The molecule has 0 saturated carbocycles. The van der Waals surface area contributed by atoms with Crippen molar-refractivity contribution in [3.05, 3.63) is 56.8 Å². The summed E-state index contributed by atoms with van der Waals surface area (Å²) in [7, 11) is 0. The maximum atomic E-state index is 13.1. The minimum Gasteiger partial charge on any atom is -0.872 e. The standard InChI is InChI=1S/C24H26BrNO5/c1-3-7-26(8-4-2)12-19-20(27)6-5-18-22(28)21(31-24(18)19)11-15-9-17(25)10-16-13-29-14-30-23(15)16/h5-6,9-11,27H,3-4,7-8,12-14H2,1-2H3. The van der Waals surface area contributed by atoms with Gasteiger partial charge in [-0.15, -0.1) is 0 Å². The lowest BCUT2D eigenvalue weighted by molar-refractivity contribution is -0.914. The molecule has 2 aromatic rings. The van der Waals surface area contributed by atoms with Gasteiger partial charge < -0.3 is 24.2 Å². The molecule has 31 heavy (non-hydrogen) atoms. The van der Waals surface area contributed by atoms with Gasteiger partial charge in [0.05, 0.1) is 25.3 Å². The van der Waals surface area contributed by atoms with Gasteiger partial charge in [-0.2, -0.15) is 0 Å².